The Morgan fingerprint density at radius 1 is 1.38 bits per heavy atom. The molecule has 1 spiro atoms. The summed E-state index contributed by atoms with van der Waals surface area (Å²) in [4.78, 5) is 0. The number of piperidine rings is 1. The lowest BCUT2D eigenvalue weighted by molar-refractivity contribution is -0.0802. The molecule has 2 aliphatic heterocycles. The number of rotatable bonds is 1. The molecule has 0 aliphatic carbocycles. The number of nitrogens with two attached hydrogens (primary N) is 1. The first-order valence-electron chi connectivity index (χ1n) is 7.39. The van der Waals surface area contributed by atoms with Gasteiger partial charge in [-0.2, -0.15) is 0 Å². The molecule has 21 heavy (non-hydrogen) atoms. The smallest absolute Gasteiger partial charge is 0.0958 e. The number of nitrogens with one attached hydrogen (secondary N) is 2. The van der Waals surface area contributed by atoms with Crippen LogP contribution < -0.4 is 16.4 Å². The van der Waals surface area contributed by atoms with E-state index >= 15 is 0 Å². The Balaban J connectivity index is 0.000000282. The molecule has 0 saturated carbocycles. The van der Waals surface area contributed by atoms with E-state index in [-0.39, 0.29) is 5.60 Å². The molecule has 0 radical (unpaired) electrons. The predicted octanol–water partition coefficient (Wildman–Crippen LogP) is 2.13. The summed E-state index contributed by atoms with van der Waals surface area (Å²) in [6, 6.07) is 6.24. The number of halogens is 1. The Kier molecular flexibility index (Phi) is 5.91. The zero-order valence-corrected chi connectivity index (χ0v) is 13.2. The first kappa shape index (κ1) is 16.1. The van der Waals surface area contributed by atoms with E-state index < -0.39 is 0 Å². The van der Waals surface area contributed by atoms with Crippen LogP contribution in [-0.4, -0.2) is 26.7 Å². The average molecular weight is 310 g/mol. The molecule has 5 heteroatoms. The van der Waals surface area contributed by atoms with E-state index in [1.165, 1.54) is 17.3 Å². The molecule has 4 nitrogen and oxygen atoms in total. The molecular formula is C16H24ClN3O. The van der Waals surface area contributed by atoms with Gasteiger partial charge in [-0.25, -0.2) is 0 Å². The molecule has 2 aliphatic rings. The van der Waals surface area contributed by atoms with Crippen molar-refractivity contribution in [1.82, 2.24) is 10.6 Å². The van der Waals surface area contributed by atoms with Gasteiger partial charge < -0.3 is 21.1 Å². The second-order valence-corrected chi connectivity index (χ2v) is 5.73. The molecule has 0 aromatic heterocycles. The number of fused-ring (bicyclic) bond motifs is 2. The molecule has 0 bridgehead atoms. The summed E-state index contributed by atoms with van der Waals surface area (Å²) in [6.07, 6.45) is 6.23. The summed E-state index contributed by atoms with van der Waals surface area (Å²) in [5.41, 5.74) is 7.60. The van der Waals surface area contributed by atoms with Gasteiger partial charge in [0.2, 0.25) is 0 Å². The Hall–Kier alpha value is -1.23. The quantitative estimate of drug-likeness (QED) is 0.744. The van der Waals surface area contributed by atoms with E-state index in [9.17, 15) is 0 Å². The van der Waals surface area contributed by atoms with Crippen LogP contribution >= 0.6 is 11.6 Å². The first-order valence-corrected chi connectivity index (χ1v) is 7.77. The summed E-state index contributed by atoms with van der Waals surface area (Å²) < 4.78 is 6.09. The number of benzene rings is 1. The Labute approximate surface area is 131 Å². The minimum atomic E-state index is -0.0383. The molecule has 2 heterocycles. The van der Waals surface area contributed by atoms with Gasteiger partial charge in [0.05, 0.1) is 12.2 Å². The summed E-state index contributed by atoms with van der Waals surface area (Å²) in [5.74, 6) is 0. The van der Waals surface area contributed by atoms with Crippen molar-refractivity contribution in [2.24, 2.45) is 5.73 Å². The minimum absolute atomic E-state index is 0.0383. The summed E-state index contributed by atoms with van der Waals surface area (Å²) in [5, 5.41) is 6.94. The lowest BCUT2D eigenvalue weighted by Gasteiger charge is -2.42. The van der Waals surface area contributed by atoms with Crippen molar-refractivity contribution in [3.8, 4) is 0 Å². The second-order valence-electron chi connectivity index (χ2n) is 5.29. The Bertz CT molecular complexity index is 484. The van der Waals surface area contributed by atoms with E-state index in [0.717, 1.165) is 44.0 Å². The van der Waals surface area contributed by atoms with Crippen molar-refractivity contribution < 1.29 is 4.74 Å². The maximum absolute atomic E-state index is 6.09. The molecule has 1 aromatic rings. The molecule has 0 amide bonds. The number of hydrogen-bond donors (Lipinski definition) is 3. The van der Waals surface area contributed by atoms with Gasteiger partial charge in [-0.05, 0) is 55.6 Å². The fourth-order valence-corrected chi connectivity index (χ4v) is 3.18. The van der Waals surface area contributed by atoms with Crippen molar-refractivity contribution >= 4 is 11.6 Å². The van der Waals surface area contributed by atoms with E-state index in [1.807, 2.05) is 6.07 Å². The molecule has 0 unspecified atom stereocenters. The normalized spacial score (nSPS) is 19.7. The van der Waals surface area contributed by atoms with Crippen molar-refractivity contribution in [2.45, 2.75) is 24.9 Å². The van der Waals surface area contributed by atoms with Crippen LogP contribution in [0.5, 0.6) is 0 Å². The number of ether oxygens (including phenoxy) is 1. The highest BCUT2D eigenvalue weighted by Gasteiger charge is 2.38. The highest BCUT2D eigenvalue weighted by Crippen LogP contribution is 2.40. The molecular weight excluding hydrogens is 286 g/mol. The summed E-state index contributed by atoms with van der Waals surface area (Å²) >= 11 is 6.05. The van der Waals surface area contributed by atoms with Gasteiger partial charge in [0.25, 0.3) is 0 Å². The van der Waals surface area contributed by atoms with Gasteiger partial charge in [-0.15, -0.1) is 0 Å². The highest BCUT2D eigenvalue weighted by molar-refractivity contribution is 6.30. The van der Waals surface area contributed by atoms with Gasteiger partial charge in [-0.1, -0.05) is 17.7 Å². The lowest BCUT2D eigenvalue weighted by Crippen LogP contribution is -2.44. The van der Waals surface area contributed by atoms with E-state index in [4.69, 9.17) is 22.1 Å². The van der Waals surface area contributed by atoms with Crippen LogP contribution in [0.25, 0.3) is 0 Å². The molecule has 1 saturated heterocycles. The van der Waals surface area contributed by atoms with E-state index in [1.54, 1.807) is 13.2 Å². The maximum Gasteiger partial charge on any atom is 0.0958 e. The van der Waals surface area contributed by atoms with E-state index in [2.05, 4.69) is 22.8 Å². The molecule has 4 N–H and O–H groups in total. The summed E-state index contributed by atoms with van der Waals surface area (Å²) in [6.45, 7) is 2.91. The highest BCUT2D eigenvalue weighted by atomic mass is 35.5. The first-order chi connectivity index (χ1) is 10.2. The molecule has 0 atom stereocenters. The Morgan fingerprint density at radius 3 is 2.76 bits per heavy atom. The topological polar surface area (TPSA) is 59.3 Å². The van der Waals surface area contributed by atoms with Crippen LogP contribution in [0.1, 0.15) is 24.0 Å². The van der Waals surface area contributed by atoms with Gasteiger partial charge in [0.15, 0.2) is 0 Å². The third-order valence-corrected chi connectivity index (χ3v) is 4.22. The van der Waals surface area contributed by atoms with Gasteiger partial charge in [0, 0.05) is 24.5 Å². The fourth-order valence-electron chi connectivity index (χ4n) is 2.99. The lowest BCUT2D eigenvalue weighted by atomic mass is 9.80. The molecule has 1 fully saturated rings. The van der Waals surface area contributed by atoms with Crippen LogP contribution in [0.3, 0.4) is 0 Å². The summed E-state index contributed by atoms with van der Waals surface area (Å²) in [7, 11) is 1.80. The van der Waals surface area contributed by atoms with E-state index in [0.29, 0.717) is 0 Å². The molecule has 116 valence electrons. The van der Waals surface area contributed by atoms with Crippen molar-refractivity contribution in [1.29, 1.82) is 0 Å². The minimum Gasteiger partial charge on any atom is -0.403 e. The predicted molar refractivity (Wildman–Crippen MR) is 87.3 cm³/mol. The Morgan fingerprint density at radius 2 is 2.14 bits per heavy atom. The monoisotopic (exact) mass is 309 g/mol. The van der Waals surface area contributed by atoms with Gasteiger partial charge in [0.1, 0.15) is 0 Å². The van der Waals surface area contributed by atoms with Gasteiger partial charge >= 0.3 is 0 Å². The average Bonchev–Trinajstić information content (AvgIpc) is 2.49. The third-order valence-electron chi connectivity index (χ3n) is 3.98. The van der Waals surface area contributed by atoms with Crippen LogP contribution in [0.4, 0.5) is 0 Å². The number of hydrogen-bond acceptors (Lipinski definition) is 4. The zero-order valence-electron chi connectivity index (χ0n) is 12.5. The maximum atomic E-state index is 6.09. The third kappa shape index (κ3) is 3.90. The van der Waals surface area contributed by atoms with Crippen molar-refractivity contribution in [2.75, 3.05) is 26.7 Å². The molecule has 3 rings (SSSR count). The fraction of sp³-hybridized carbons (Fsp3) is 0.500. The second kappa shape index (κ2) is 7.69. The standard InChI is InChI=1S/C13H16ClNO.C3H8N2/c14-11-1-2-12-10(9-11)3-8-16-13(12)4-6-15-7-5-13;1-5-3-2-4/h1-2,9,15H,3-8H2;2-3,5H,4H2,1H3/b;3-2-. The van der Waals surface area contributed by atoms with Crippen molar-refractivity contribution in [3.63, 3.8) is 0 Å². The molecule has 1 aromatic carbocycles. The van der Waals surface area contributed by atoms with Gasteiger partial charge in [-0.3, -0.25) is 0 Å². The zero-order chi connectivity index (χ0) is 15.1. The van der Waals surface area contributed by atoms with Crippen LogP contribution in [0.2, 0.25) is 5.02 Å². The largest absolute Gasteiger partial charge is 0.403 e. The van der Waals surface area contributed by atoms with Crippen LogP contribution in [0, 0.1) is 0 Å². The van der Waals surface area contributed by atoms with Crippen LogP contribution in [0.15, 0.2) is 30.6 Å². The van der Waals surface area contributed by atoms with Crippen molar-refractivity contribution in [3.05, 3.63) is 46.7 Å². The SMILES string of the molecule is CN/C=C\N.Clc1ccc2c(c1)CCOC21CCNCC1. The van der Waals surface area contributed by atoms with Crippen LogP contribution in [-0.2, 0) is 16.8 Å².